The number of para-hydroxylation sites is 1. The largest absolute Gasteiger partial charge is 0.449 e. The smallest absolute Gasteiger partial charge is 0.416 e. The van der Waals surface area contributed by atoms with Crippen LogP contribution in [0.2, 0.25) is 5.02 Å². The number of carbonyl (C=O) groups is 1. The van der Waals surface area contributed by atoms with Crippen LogP contribution in [-0.4, -0.2) is 5.91 Å². The van der Waals surface area contributed by atoms with E-state index in [2.05, 4.69) is 0 Å². The molecule has 0 radical (unpaired) electrons. The van der Waals surface area contributed by atoms with Gasteiger partial charge in [-0.15, -0.1) is 0 Å². The number of amides is 1. The van der Waals surface area contributed by atoms with Gasteiger partial charge < -0.3 is 9.32 Å². The molecule has 0 fully saturated rings. The van der Waals surface area contributed by atoms with Crippen LogP contribution in [0.25, 0.3) is 11.0 Å². The Morgan fingerprint density at radius 1 is 1.04 bits per heavy atom. The molecule has 1 aliphatic heterocycles. The van der Waals surface area contributed by atoms with Gasteiger partial charge in [-0.25, -0.2) is 0 Å². The Balaban J connectivity index is 1.79. The van der Waals surface area contributed by atoms with E-state index < -0.39 is 17.6 Å². The third kappa shape index (κ3) is 2.47. The number of benzene rings is 2. The van der Waals surface area contributed by atoms with Crippen LogP contribution < -0.4 is 10.3 Å². The topological polar surface area (TPSA) is 50.5 Å². The number of anilines is 1. The van der Waals surface area contributed by atoms with Gasteiger partial charge in [-0.05, 0) is 36.4 Å². The van der Waals surface area contributed by atoms with Gasteiger partial charge >= 0.3 is 6.18 Å². The van der Waals surface area contributed by atoms with Crippen molar-refractivity contribution in [3.8, 4) is 0 Å². The molecule has 0 saturated carbocycles. The molecule has 132 valence electrons. The second kappa shape index (κ2) is 5.60. The third-order valence-corrected chi connectivity index (χ3v) is 4.52. The average molecular weight is 380 g/mol. The second-order valence-corrected chi connectivity index (χ2v) is 6.20. The van der Waals surface area contributed by atoms with Gasteiger partial charge in [-0.1, -0.05) is 17.7 Å². The fraction of sp³-hybridized carbons (Fsp3) is 0.111. The van der Waals surface area contributed by atoms with Crippen molar-refractivity contribution in [3.63, 3.8) is 0 Å². The van der Waals surface area contributed by atoms with Crippen molar-refractivity contribution in [2.75, 3.05) is 4.90 Å². The first-order valence-electron chi connectivity index (χ1n) is 7.50. The van der Waals surface area contributed by atoms with E-state index in [9.17, 15) is 22.8 Å². The molecule has 0 spiro atoms. The van der Waals surface area contributed by atoms with E-state index in [1.54, 1.807) is 12.1 Å². The summed E-state index contributed by atoms with van der Waals surface area (Å²) in [6.45, 7) is -0.0790. The Labute approximate surface area is 149 Å². The molecule has 4 rings (SSSR count). The van der Waals surface area contributed by atoms with Gasteiger partial charge in [0.2, 0.25) is 5.76 Å². The Hall–Kier alpha value is -2.80. The van der Waals surface area contributed by atoms with Crippen molar-refractivity contribution in [3.05, 3.63) is 74.6 Å². The van der Waals surface area contributed by atoms with E-state index >= 15 is 0 Å². The highest BCUT2D eigenvalue weighted by Crippen LogP contribution is 2.34. The summed E-state index contributed by atoms with van der Waals surface area (Å²) < 4.78 is 43.6. The summed E-state index contributed by atoms with van der Waals surface area (Å²) >= 11 is 6.03. The number of hydrogen-bond acceptors (Lipinski definition) is 3. The molecule has 0 bridgehead atoms. The first-order valence-corrected chi connectivity index (χ1v) is 7.88. The number of fused-ring (bicyclic) bond motifs is 2. The predicted octanol–water partition coefficient (Wildman–Crippen LogP) is 4.63. The van der Waals surface area contributed by atoms with E-state index in [-0.39, 0.29) is 45.0 Å². The predicted molar refractivity (Wildman–Crippen MR) is 89.5 cm³/mol. The van der Waals surface area contributed by atoms with Crippen molar-refractivity contribution < 1.29 is 22.4 Å². The van der Waals surface area contributed by atoms with Gasteiger partial charge in [0.1, 0.15) is 0 Å². The van der Waals surface area contributed by atoms with Gasteiger partial charge in [0.25, 0.3) is 5.91 Å². The Kier molecular flexibility index (Phi) is 3.59. The second-order valence-electron chi connectivity index (χ2n) is 5.79. The molecular formula is C18H9ClF3NO3. The van der Waals surface area contributed by atoms with Crippen LogP contribution in [-0.2, 0) is 12.7 Å². The normalized spacial score (nSPS) is 14.2. The highest BCUT2D eigenvalue weighted by atomic mass is 35.5. The van der Waals surface area contributed by atoms with Gasteiger partial charge in [0.05, 0.1) is 28.1 Å². The van der Waals surface area contributed by atoms with Crippen molar-refractivity contribution in [2.45, 2.75) is 12.7 Å². The fourth-order valence-electron chi connectivity index (χ4n) is 2.93. The molecule has 8 heteroatoms. The summed E-state index contributed by atoms with van der Waals surface area (Å²) in [6.07, 6.45) is -4.47. The number of carbonyl (C=O) groups excluding carboxylic acids is 1. The van der Waals surface area contributed by atoms with E-state index in [0.29, 0.717) is 0 Å². The lowest BCUT2D eigenvalue weighted by Gasteiger charge is -2.16. The minimum atomic E-state index is -4.47. The molecule has 0 atom stereocenters. The maximum absolute atomic E-state index is 12.7. The maximum atomic E-state index is 12.7. The molecule has 2 aromatic carbocycles. The zero-order chi connectivity index (χ0) is 18.6. The van der Waals surface area contributed by atoms with Crippen LogP contribution >= 0.6 is 11.6 Å². The zero-order valence-corrected chi connectivity index (χ0v) is 13.7. The van der Waals surface area contributed by atoms with Crippen LogP contribution in [0, 0.1) is 0 Å². The van der Waals surface area contributed by atoms with Crippen LogP contribution in [0.3, 0.4) is 0 Å². The van der Waals surface area contributed by atoms with Gasteiger partial charge in [-0.2, -0.15) is 13.2 Å². The molecule has 1 aromatic heterocycles. The number of nitrogens with zero attached hydrogens (tertiary/aromatic N) is 1. The Bertz CT molecular complexity index is 1100. The van der Waals surface area contributed by atoms with Gasteiger partial charge in [0, 0.05) is 5.69 Å². The number of rotatable bonds is 1. The summed E-state index contributed by atoms with van der Waals surface area (Å²) in [5.41, 5.74) is -0.696. The van der Waals surface area contributed by atoms with Crippen LogP contribution in [0.5, 0.6) is 0 Å². The lowest BCUT2D eigenvalue weighted by Crippen LogP contribution is -2.23. The molecule has 2 heterocycles. The summed E-state index contributed by atoms with van der Waals surface area (Å²) in [7, 11) is 0. The van der Waals surface area contributed by atoms with E-state index in [4.69, 9.17) is 16.0 Å². The minimum absolute atomic E-state index is 0.0790. The van der Waals surface area contributed by atoms with Crippen molar-refractivity contribution in [1.29, 1.82) is 0 Å². The number of hydrogen-bond donors (Lipinski definition) is 0. The molecule has 0 N–H and O–H groups in total. The summed E-state index contributed by atoms with van der Waals surface area (Å²) in [5.74, 6) is -0.742. The minimum Gasteiger partial charge on any atom is -0.449 e. The van der Waals surface area contributed by atoms with Crippen molar-refractivity contribution >= 4 is 34.2 Å². The van der Waals surface area contributed by atoms with E-state index in [1.165, 1.54) is 23.1 Å². The molecule has 0 aliphatic carbocycles. The van der Waals surface area contributed by atoms with Crippen LogP contribution in [0.1, 0.15) is 21.7 Å². The first kappa shape index (κ1) is 16.7. The molecule has 0 saturated heterocycles. The fourth-order valence-corrected chi connectivity index (χ4v) is 3.14. The molecule has 3 aromatic rings. The number of halogens is 4. The summed E-state index contributed by atoms with van der Waals surface area (Å²) in [5, 5.41) is 0.446. The lowest BCUT2D eigenvalue weighted by atomic mass is 10.1. The Morgan fingerprint density at radius 3 is 2.38 bits per heavy atom. The quantitative estimate of drug-likeness (QED) is 0.619. The third-order valence-electron chi connectivity index (χ3n) is 4.23. The molecule has 1 aliphatic rings. The van der Waals surface area contributed by atoms with Crippen LogP contribution in [0.4, 0.5) is 18.9 Å². The SMILES string of the molecule is O=C1c2oc3c(Cl)cccc3c(=O)c2CN1c1ccc(C(F)(F)F)cc1. The van der Waals surface area contributed by atoms with Gasteiger partial charge in [-0.3, -0.25) is 9.59 Å². The van der Waals surface area contributed by atoms with Crippen molar-refractivity contribution in [2.24, 2.45) is 0 Å². The highest BCUT2D eigenvalue weighted by molar-refractivity contribution is 6.34. The number of alkyl halides is 3. The summed E-state index contributed by atoms with van der Waals surface area (Å²) in [6, 6.07) is 8.80. The molecule has 26 heavy (non-hydrogen) atoms. The van der Waals surface area contributed by atoms with E-state index in [0.717, 1.165) is 12.1 Å². The maximum Gasteiger partial charge on any atom is 0.416 e. The monoisotopic (exact) mass is 379 g/mol. The first-order chi connectivity index (χ1) is 12.3. The van der Waals surface area contributed by atoms with Crippen LogP contribution in [0.15, 0.2) is 51.7 Å². The Morgan fingerprint density at radius 2 is 1.73 bits per heavy atom. The average Bonchev–Trinajstić information content (AvgIpc) is 2.93. The van der Waals surface area contributed by atoms with E-state index in [1.807, 2.05) is 0 Å². The molecule has 4 nitrogen and oxygen atoms in total. The highest BCUT2D eigenvalue weighted by Gasteiger charge is 2.35. The molecule has 0 unspecified atom stereocenters. The van der Waals surface area contributed by atoms with Crippen molar-refractivity contribution in [1.82, 2.24) is 0 Å². The standard InChI is InChI=1S/C18H9ClF3NO3/c19-13-3-1-2-11-14(24)12-8-23(17(25)16(12)26-15(11)13)10-6-4-9(5-7-10)18(20,21)22/h1-7H,8H2. The molecular weight excluding hydrogens is 371 g/mol. The zero-order valence-electron chi connectivity index (χ0n) is 12.9. The molecule has 1 amide bonds. The summed E-state index contributed by atoms with van der Waals surface area (Å²) in [4.78, 5) is 26.4. The van der Waals surface area contributed by atoms with Gasteiger partial charge in [0.15, 0.2) is 11.0 Å². The lowest BCUT2D eigenvalue weighted by molar-refractivity contribution is -0.137.